The maximum atomic E-state index is 11.9. The minimum absolute atomic E-state index is 0.0430. The lowest BCUT2D eigenvalue weighted by atomic mass is 9.95. The number of carbonyl (C=O) groups excluding carboxylic acids is 2. The van der Waals surface area contributed by atoms with Gasteiger partial charge in [0.2, 0.25) is 5.91 Å². The van der Waals surface area contributed by atoms with E-state index < -0.39 is 5.41 Å². The van der Waals surface area contributed by atoms with Gasteiger partial charge in [-0.05, 0) is 25.0 Å². The molecule has 0 radical (unpaired) electrons. The average molecular weight is 245 g/mol. The Morgan fingerprint density at radius 1 is 1.22 bits per heavy atom. The van der Waals surface area contributed by atoms with Gasteiger partial charge in [-0.15, -0.1) is 0 Å². The van der Waals surface area contributed by atoms with Gasteiger partial charge in [0.1, 0.15) is 0 Å². The first-order valence-electron chi connectivity index (χ1n) is 6.33. The molecule has 0 spiro atoms. The number of hydrogen-bond donors (Lipinski definition) is 1. The maximum absolute atomic E-state index is 11.9. The van der Waals surface area contributed by atoms with E-state index >= 15 is 0 Å². The summed E-state index contributed by atoms with van der Waals surface area (Å²) in [4.78, 5) is 23.8. The fourth-order valence-electron chi connectivity index (χ4n) is 1.65. The van der Waals surface area contributed by atoms with E-state index in [4.69, 9.17) is 0 Å². The molecule has 1 aliphatic rings. The van der Waals surface area contributed by atoms with E-state index in [-0.39, 0.29) is 17.6 Å². The molecule has 0 heterocycles. The molecule has 1 aromatic carbocycles. The van der Waals surface area contributed by atoms with Crippen LogP contribution < -0.4 is 5.32 Å². The second kappa shape index (κ2) is 4.56. The van der Waals surface area contributed by atoms with Crippen molar-refractivity contribution >= 4 is 17.4 Å². The zero-order valence-electron chi connectivity index (χ0n) is 11.1. The number of rotatable bonds is 3. The number of Topliss-reactive ketones (excluding diaryl/α,β-unsaturated/α-hetero) is 1. The second-order valence-corrected chi connectivity index (χ2v) is 5.92. The highest BCUT2D eigenvalue weighted by Gasteiger charge is 2.30. The minimum Gasteiger partial charge on any atom is -0.326 e. The van der Waals surface area contributed by atoms with Crippen LogP contribution in [0.15, 0.2) is 24.3 Å². The number of carbonyl (C=O) groups is 2. The Balaban J connectivity index is 2.12. The highest BCUT2D eigenvalue weighted by atomic mass is 16.2. The van der Waals surface area contributed by atoms with Gasteiger partial charge in [-0.25, -0.2) is 0 Å². The van der Waals surface area contributed by atoms with Crippen molar-refractivity contribution in [3.8, 4) is 0 Å². The lowest BCUT2D eigenvalue weighted by Crippen LogP contribution is -2.27. The summed E-state index contributed by atoms with van der Waals surface area (Å²) >= 11 is 0. The van der Waals surface area contributed by atoms with Crippen LogP contribution in [0, 0.1) is 11.3 Å². The third-order valence-electron chi connectivity index (χ3n) is 3.03. The van der Waals surface area contributed by atoms with Crippen molar-refractivity contribution in [2.24, 2.45) is 11.3 Å². The number of amides is 1. The molecule has 96 valence electrons. The first-order chi connectivity index (χ1) is 8.38. The van der Waals surface area contributed by atoms with Crippen LogP contribution in [-0.2, 0) is 4.79 Å². The summed E-state index contributed by atoms with van der Waals surface area (Å²) in [5.74, 6) is 0.360. The van der Waals surface area contributed by atoms with Crippen LogP contribution in [0.3, 0.4) is 0 Å². The monoisotopic (exact) mass is 245 g/mol. The molecule has 0 unspecified atom stereocenters. The maximum Gasteiger partial charge on any atom is 0.229 e. The standard InChI is InChI=1S/C15H19NO2/c1-15(2,3)14(18)16-12-6-4-5-11(9-12)13(17)10-7-8-10/h4-6,9-10H,7-8H2,1-3H3,(H,16,18). The fourth-order valence-corrected chi connectivity index (χ4v) is 1.65. The summed E-state index contributed by atoms with van der Waals surface area (Å²) in [7, 11) is 0. The van der Waals surface area contributed by atoms with E-state index in [2.05, 4.69) is 5.32 Å². The fraction of sp³-hybridized carbons (Fsp3) is 0.467. The van der Waals surface area contributed by atoms with Gasteiger partial charge in [0, 0.05) is 22.6 Å². The summed E-state index contributed by atoms with van der Waals surface area (Å²) in [5.41, 5.74) is 0.960. The molecule has 1 amide bonds. The molecule has 1 aromatic rings. The van der Waals surface area contributed by atoms with Crippen molar-refractivity contribution in [2.45, 2.75) is 33.6 Å². The largest absolute Gasteiger partial charge is 0.326 e. The van der Waals surface area contributed by atoms with Crippen LogP contribution >= 0.6 is 0 Å². The third-order valence-corrected chi connectivity index (χ3v) is 3.03. The van der Waals surface area contributed by atoms with E-state index in [1.54, 1.807) is 6.07 Å². The predicted octanol–water partition coefficient (Wildman–Crippen LogP) is 3.26. The Morgan fingerprint density at radius 3 is 2.44 bits per heavy atom. The zero-order valence-corrected chi connectivity index (χ0v) is 11.1. The quantitative estimate of drug-likeness (QED) is 0.831. The van der Waals surface area contributed by atoms with Crippen molar-refractivity contribution in [1.82, 2.24) is 0 Å². The third kappa shape index (κ3) is 2.97. The number of hydrogen-bond acceptors (Lipinski definition) is 2. The molecule has 1 N–H and O–H groups in total. The summed E-state index contributed by atoms with van der Waals surface area (Å²) in [5, 5.41) is 2.85. The Morgan fingerprint density at radius 2 is 1.89 bits per heavy atom. The van der Waals surface area contributed by atoms with Gasteiger partial charge < -0.3 is 5.32 Å². The normalized spacial score (nSPS) is 15.3. The minimum atomic E-state index is -0.434. The van der Waals surface area contributed by atoms with E-state index in [0.717, 1.165) is 12.8 Å². The van der Waals surface area contributed by atoms with Crippen LogP contribution in [0.4, 0.5) is 5.69 Å². The van der Waals surface area contributed by atoms with E-state index in [1.165, 1.54) is 0 Å². The summed E-state index contributed by atoms with van der Waals surface area (Å²) < 4.78 is 0. The van der Waals surface area contributed by atoms with Crippen molar-refractivity contribution < 1.29 is 9.59 Å². The van der Waals surface area contributed by atoms with Crippen molar-refractivity contribution in [1.29, 1.82) is 0 Å². The first kappa shape index (κ1) is 12.8. The summed E-state index contributed by atoms with van der Waals surface area (Å²) in [6.07, 6.45) is 1.99. The highest BCUT2D eigenvalue weighted by molar-refractivity contribution is 6.01. The van der Waals surface area contributed by atoms with Crippen molar-refractivity contribution in [2.75, 3.05) is 5.32 Å². The Bertz CT molecular complexity index is 482. The molecule has 2 rings (SSSR count). The van der Waals surface area contributed by atoms with E-state index in [1.807, 2.05) is 39.0 Å². The molecule has 18 heavy (non-hydrogen) atoms. The SMILES string of the molecule is CC(C)(C)C(=O)Nc1cccc(C(=O)C2CC2)c1. The lowest BCUT2D eigenvalue weighted by Gasteiger charge is -2.17. The predicted molar refractivity (Wildman–Crippen MR) is 71.6 cm³/mol. The molecule has 3 heteroatoms. The van der Waals surface area contributed by atoms with Gasteiger partial charge >= 0.3 is 0 Å². The van der Waals surface area contributed by atoms with Crippen LogP contribution in [0.25, 0.3) is 0 Å². The Hall–Kier alpha value is -1.64. The molecular formula is C15H19NO2. The molecule has 1 fully saturated rings. The second-order valence-electron chi connectivity index (χ2n) is 5.92. The molecule has 0 aliphatic heterocycles. The number of nitrogens with one attached hydrogen (secondary N) is 1. The average Bonchev–Trinajstić information content (AvgIpc) is 3.11. The smallest absolute Gasteiger partial charge is 0.229 e. The van der Waals surface area contributed by atoms with Crippen LogP contribution in [0.1, 0.15) is 44.0 Å². The molecule has 0 aromatic heterocycles. The Labute approximate surface area is 108 Å². The molecular weight excluding hydrogens is 226 g/mol. The molecule has 1 aliphatic carbocycles. The summed E-state index contributed by atoms with van der Waals surface area (Å²) in [6.45, 7) is 5.59. The Kier molecular flexibility index (Phi) is 3.24. The van der Waals surface area contributed by atoms with Gasteiger partial charge in [0.05, 0.1) is 0 Å². The topological polar surface area (TPSA) is 46.2 Å². The van der Waals surface area contributed by atoms with Gasteiger partial charge in [0.15, 0.2) is 5.78 Å². The van der Waals surface area contributed by atoms with Crippen LogP contribution in [-0.4, -0.2) is 11.7 Å². The van der Waals surface area contributed by atoms with E-state index in [9.17, 15) is 9.59 Å². The van der Waals surface area contributed by atoms with Crippen LogP contribution in [0.5, 0.6) is 0 Å². The van der Waals surface area contributed by atoms with Gasteiger partial charge in [-0.2, -0.15) is 0 Å². The zero-order chi connectivity index (χ0) is 13.3. The molecule has 0 bridgehead atoms. The van der Waals surface area contributed by atoms with Crippen LogP contribution in [0.2, 0.25) is 0 Å². The van der Waals surface area contributed by atoms with Gasteiger partial charge in [-0.3, -0.25) is 9.59 Å². The molecule has 0 atom stereocenters. The number of benzene rings is 1. The lowest BCUT2D eigenvalue weighted by molar-refractivity contribution is -0.123. The first-order valence-corrected chi connectivity index (χ1v) is 6.33. The van der Waals surface area contributed by atoms with Gasteiger partial charge in [0.25, 0.3) is 0 Å². The molecule has 0 saturated heterocycles. The molecule has 1 saturated carbocycles. The number of ketones is 1. The summed E-state index contributed by atoms with van der Waals surface area (Å²) in [6, 6.07) is 7.21. The number of anilines is 1. The molecule has 3 nitrogen and oxygen atoms in total. The highest BCUT2D eigenvalue weighted by Crippen LogP contribution is 2.33. The van der Waals surface area contributed by atoms with E-state index in [0.29, 0.717) is 11.3 Å². The van der Waals surface area contributed by atoms with Crippen molar-refractivity contribution in [3.63, 3.8) is 0 Å². The van der Waals surface area contributed by atoms with Crippen molar-refractivity contribution in [3.05, 3.63) is 29.8 Å². The van der Waals surface area contributed by atoms with Gasteiger partial charge in [-0.1, -0.05) is 32.9 Å².